The maximum absolute atomic E-state index is 12.2. The number of rotatable bonds is 8. The van der Waals surface area contributed by atoms with Gasteiger partial charge in [-0.25, -0.2) is 8.42 Å². The van der Waals surface area contributed by atoms with E-state index in [0.717, 1.165) is 18.8 Å². The van der Waals surface area contributed by atoms with Crippen LogP contribution in [0.4, 0.5) is 11.4 Å². The molecule has 1 heterocycles. The van der Waals surface area contributed by atoms with Crippen molar-refractivity contribution in [2.75, 3.05) is 48.2 Å². The molecular weight excluding hydrogens is 338 g/mol. The molecule has 0 unspecified atom stereocenters. The first-order valence-corrected chi connectivity index (χ1v) is 10.8. The average molecular weight is 368 g/mol. The molecule has 7 heteroatoms. The minimum absolute atomic E-state index is 0.0210. The Morgan fingerprint density at radius 3 is 2.12 bits per heavy atom. The van der Waals surface area contributed by atoms with E-state index in [1.54, 1.807) is 4.90 Å². The van der Waals surface area contributed by atoms with Crippen LogP contribution in [0.1, 0.15) is 33.1 Å². The van der Waals surface area contributed by atoms with Crippen LogP contribution in [-0.4, -0.2) is 58.2 Å². The van der Waals surface area contributed by atoms with Gasteiger partial charge in [0, 0.05) is 44.8 Å². The number of hydrogen-bond donors (Lipinski definition) is 0. The summed E-state index contributed by atoms with van der Waals surface area (Å²) in [5, 5.41) is 0. The normalized spacial score (nSPS) is 14.6. The zero-order chi connectivity index (χ0) is 18.4. The van der Waals surface area contributed by atoms with Gasteiger partial charge in [-0.3, -0.25) is 9.10 Å². The van der Waals surface area contributed by atoms with Crippen molar-refractivity contribution in [1.82, 2.24) is 4.90 Å². The van der Waals surface area contributed by atoms with Gasteiger partial charge in [0.05, 0.1) is 11.9 Å². The largest absolute Gasteiger partial charge is 0.372 e. The summed E-state index contributed by atoms with van der Waals surface area (Å²) in [7, 11) is -3.44. The van der Waals surface area contributed by atoms with Crippen LogP contribution >= 0.6 is 0 Å². The summed E-state index contributed by atoms with van der Waals surface area (Å²) in [6, 6.07) is 7.59. The summed E-state index contributed by atoms with van der Waals surface area (Å²) >= 11 is 0. The second-order valence-corrected chi connectivity index (χ2v) is 8.27. The molecule has 0 N–H and O–H groups in total. The highest BCUT2D eigenvalue weighted by atomic mass is 32.2. The summed E-state index contributed by atoms with van der Waals surface area (Å²) < 4.78 is 25.7. The number of hydrogen-bond acceptors (Lipinski definition) is 4. The molecule has 1 fully saturated rings. The van der Waals surface area contributed by atoms with Gasteiger partial charge in [-0.1, -0.05) is 0 Å². The number of nitrogens with zero attached hydrogens (tertiary/aromatic N) is 3. The topological polar surface area (TPSA) is 60.9 Å². The van der Waals surface area contributed by atoms with Crippen molar-refractivity contribution in [3.8, 4) is 0 Å². The van der Waals surface area contributed by atoms with Crippen molar-refractivity contribution in [3.63, 3.8) is 0 Å². The van der Waals surface area contributed by atoms with Crippen molar-refractivity contribution < 1.29 is 13.2 Å². The highest BCUT2D eigenvalue weighted by Gasteiger charge is 2.20. The summed E-state index contributed by atoms with van der Waals surface area (Å²) in [4.78, 5) is 16.2. The van der Waals surface area contributed by atoms with Gasteiger partial charge in [-0.2, -0.15) is 0 Å². The van der Waals surface area contributed by atoms with Gasteiger partial charge in [-0.15, -0.1) is 0 Å². The van der Waals surface area contributed by atoms with E-state index < -0.39 is 10.0 Å². The molecule has 1 saturated heterocycles. The third-order valence-electron chi connectivity index (χ3n) is 4.65. The van der Waals surface area contributed by atoms with Crippen LogP contribution in [-0.2, 0) is 14.8 Å². The van der Waals surface area contributed by atoms with Gasteiger partial charge in [0.25, 0.3) is 0 Å². The number of carbonyl (C=O) groups excluding carboxylic acids is 1. The van der Waals surface area contributed by atoms with Gasteiger partial charge in [0.2, 0.25) is 15.9 Å². The maximum atomic E-state index is 12.2. The average Bonchev–Trinajstić information content (AvgIpc) is 3.10. The Bertz CT molecular complexity index is 663. The van der Waals surface area contributed by atoms with Crippen LogP contribution < -0.4 is 9.21 Å². The molecule has 1 amide bonds. The molecule has 2 rings (SSSR count). The smallest absolute Gasteiger partial charge is 0.232 e. The quantitative estimate of drug-likeness (QED) is 0.707. The Hall–Kier alpha value is -1.76. The molecule has 1 aliphatic rings. The lowest BCUT2D eigenvalue weighted by Crippen LogP contribution is -2.36. The van der Waals surface area contributed by atoms with Gasteiger partial charge < -0.3 is 9.80 Å². The van der Waals surface area contributed by atoms with Crippen LogP contribution in [0.2, 0.25) is 0 Å². The summed E-state index contributed by atoms with van der Waals surface area (Å²) in [5.41, 5.74) is 1.73. The van der Waals surface area contributed by atoms with E-state index in [1.807, 2.05) is 38.1 Å². The molecule has 0 radical (unpaired) electrons. The molecule has 0 atom stereocenters. The summed E-state index contributed by atoms with van der Waals surface area (Å²) in [5.74, 6) is -0.0210. The van der Waals surface area contributed by atoms with Crippen LogP contribution in [0.3, 0.4) is 0 Å². The Labute approximate surface area is 151 Å². The maximum Gasteiger partial charge on any atom is 0.232 e. The lowest BCUT2D eigenvalue weighted by atomic mass is 10.2. The molecule has 25 heavy (non-hydrogen) atoms. The number of carbonyl (C=O) groups is 1. The fourth-order valence-electron chi connectivity index (χ4n) is 3.22. The fraction of sp³-hybridized carbons (Fsp3) is 0.611. The van der Waals surface area contributed by atoms with Gasteiger partial charge in [0.15, 0.2) is 0 Å². The van der Waals surface area contributed by atoms with E-state index in [1.165, 1.54) is 23.4 Å². The minimum Gasteiger partial charge on any atom is -0.372 e. The SMILES string of the molecule is CCN(CC)C(=O)CCN(c1ccc(N2CCCC2)cc1)S(C)(=O)=O. The van der Waals surface area contributed by atoms with Gasteiger partial charge in [0.1, 0.15) is 0 Å². The Morgan fingerprint density at radius 2 is 1.64 bits per heavy atom. The summed E-state index contributed by atoms with van der Waals surface area (Å²) in [6.45, 7) is 7.38. The lowest BCUT2D eigenvalue weighted by Gasteiger charge is -2.25. The molecule has 0 bridgehead atoms. The zero-order valence-electron chi connectivity index (χ0n) is 15.4. The van der Waals surface area contributed by atoms with Crippen molar-refractivity contribution in [1.29, 1.82) is 0 Å². The summed E-state index contributed by atoms with van der Waals surface area (Å²) in [6.07, 6.45) is 3.77. The molecule has 0 aliphatic carbocycles. The molecule has 1 aliphatic heterocycles. The van der Waals surface area contributed by atoms with Gasteiger partial charge in [-0.05, 0) is 51.0 Å². The fourth-order valence-corrected chi connectivity index (χ4v) is 4.15. The second kappa shape index (κ2) is 8.56. The van der Waals surface area contributed by atoms with Crippen LogP contribution in [0.5, 0.6) is 0 Å². The Balaban J connectivity index is 2.10. The molecule has 0 saturated carbocycles. The number of amides is 1. The Kier molecular flexibility index (Phi) is 6.70. The van der Waals surface area contributed by atoms with Crippen molar-refractivity contribution in [3.05, 3.63) is 24.3 Å². The molecule has 1 aromatic carbocycles. The third-order valence-corrected chi connectivity index (χ3v) is 5.85. The second-order valence-electron chi connectivity index (χ2n) is 6.36. The first-order valence-electron chi connectivity index (χ1n) is 8.97. The molecular formula is C18H29N3O3S. The highest BCUT2D eigenvalue weighted by Crippen LogP contribution is 2.25. The molecule has 140 valence electrons. The predicted molar refractivity (Wildman–Crippen MR) is 103 cm³/mol. The van der Waals surface area contributed by atoms with E-state index in [0.29, 0.717) is 18.8 Å². The first-order chi connectivity index (χ1) is 11.9. The standard InChI is InChI=1S/C18H29N3O3S/c1-4-19(5-2)18(22)12-15-21(25(3,23)24)17-10-8-16(9-11-17)20-13-6-7-14-20/h8-11H,4-7,12-15H2,1-3H3. The highest BCUT2D eigenvalue weighted by molar-refractivity contribution is 7.92. The van der Waals surface area contributed by atoms with Crippen LogP contribution in [0.15, 0.2) is 24.3 Å². The first kappa shape index (κ1) is 19.6. The van der Waals surface area contributed by atoms with Crippen molar-refractivity contribution in [2.45, 2.75) is 33.1 Å². The molecule has 1 aromatic rings. The number of benzene rings is 1. The Morgan fingerprint density at radius 1 is 1.08 bits per heavy atom. The molecule has 0 spiro atoms. The van der Waals surface area contributed by atoms with E-state index >= 15 is 0 Å². The van der Waals surface area contributed by atoms with E-state index in [4.69, 9.17) is 0 Å². The van der Waals surface area contributed by atoms with Crippen molar-refractivity contribution in [2.24, 2.45) is 0 Å². The predicted octanol–water partition coefficient (Wildman–Crippen LogP) is 2.31. The zero-order valence-corrected chi connectivity index (χ0v) is 16.3. The number of anilines is 2. The van der Waals surface area contributed by atoms with Crippen LogP contribution in [0.25, 0.3) is 0 Å². The monoisotopic (exact) mass is 367 g/mol. The van der Waals surface area contributed by atoms with E-state index in [9.17, 15) is 13.2 Å². The van der Waals surface area contributed by atoms with Crippen molar-refractivity contribution >= 4 is 27.3 Å². The van der Waals surface area contributed by atoms with E-state index in [2.05, 4.69) is 4.90 Å². The number of sulfonamides is 1. The molecule has 0 aromatic heterocycles. The van der Waals surface area contributed by atoms with Gasteiger partial charge >= 0.3 is 0 Å². The third kappa shape index (κ3) is 5.11. The minimum atomic E-state index is -3.44. The molecule has 6 nitrogen and oxygen atoms in total. The lowest BCUT2D eigenvalue weighted by molar-refractivity contribution is -0.130. The van der Waals surface area contributed by atoms with E-state index in [-0.39, 0.29) is 18.9 Å². The van der Waals surface area contributed by atoms with Crippen LogP contribution in [0, 0.1) is 0 Å².